The summed E-state index contributed by atoms with van der Waals surface area (Å²) in [5.41, 5.74) is 3.94. The number of fused-ring (bicyclic) bond motifs is 2. The van der Waals surface area contributed by atoms with Gasteiger partial charge in [0.15, 0.2) is 0 Å². The fourth-order valence-corrected chi connectivity index (χ4v) is 3.43. The van der Waals surface area contributed by atoms with Crippen LogP contribution < -0.4 is 5.32 Å². The predicted molar refractivity (Wildman–Crippen MR) is 67.0 cm³/mol. The molecule has 2 aliphatic rings. The molecule has 16 heavy (non-hydrogen) atoms. The van der Waals surface area contributed by atoms with E-state index in [9.17, 15) is 4.79 Å². The van der Waals surface area contributed by atoms with Crippen molar-refractivity contribution < 1.29 is 4.79 Å². The number of carbonyl (C=O) groups is 1. The zero-order valence-electron chi connectivity index (χ0n) is 9.38. The van der Waals surface area contributed by atoms with Gasteiger partial charge in [-0.15, -0.1) is 11.8 Å². The smallest absolute Gasteiger partial charge is 0.237 e. The Bertz CT molecular complexity index is 455. The molecule has 1 aromatic carbocycles. The van der Waals surface area contributed by atoms with Crippen molar-refractivity contribution >= 4 is 23.4 Å². The Morgan fingerprint density at radius 2 is 1.94 bits per heavy atom. The van der Waals surface area contributed by atoms with Crippen LogP contribution in [0.15, 0.2) is 17.0 Å². The van der Waals surface area contributed by atoms with Crippen LogP contribution in [0.1, 0.15) is 30.9 Å². The molecule has 1 aromatic rings. The van der Waals surface area contributed by atoms with Gasteiger partial charge < -0.3 is 5.32 Å². The van der Waals surface area contributed by atoms with E-state index in [1.807, 2.05) is 6.92 Å². The van der Waals surface area contributed by atoms with Crippen LogP contribution in [0.4, 0.5) is 5.69 Å². The predicted octanol–water partition coefficient (Wildman–Crippen LogP) is 3.00. The molecule has 0 saturated carbocycles. The first kappa shape index (κ1) is 10.2. The minimum atomic E-state index is 0.0362. The molecule has 3 rings (SSSR count). The van der Waals surface area contributed by atoms with E-state index < -0.39 is 0 Å². The molecule has 1 amide bonds. The standard InChI is InChI=1S/C13H15NOS/c1-8-13(15)14-11-6-9-4-2-3-5-10(9)7-12(11)16-8/h6-8H,2-5H2,1H3,(H,14,15). The maximum atomic E-state index is 11.6. The molecular weight excluding hydrogens is 218 g/mol. The number of carbonyl (C=O) groups excluding carboxylic acids is 1. The molecule has 84 valence electrons. The molecule has 2 nitrogen and oxygen atoms in total. The first-order valence-corrected chi connectivity index (χ1v) is 6.75. The summed E-state index contributed by atoms with van der Waals surface area (Å²) in [5.74, 6) is 0.133. The van der Waals surface area contributed by atoms with Crippen molar-refractivity contribution in [1.82, 2.24) is 0 Å². The molecule has 0 fully saturated rings. The summed E-state index contributed by atoms with van der Waals surface area (Å²) in [5, 5.41) is 3.04. The highest BCUT2D eigenvalue weighted by molar-refractivity contribution is 8.00. The van der Waals surface area contributed by atoms with Gasteiger partial charge in [-0.25, -0.2) is 0 Å². The van der Waals surface area contributed by atoms with Crippen molar-refractivity contribution in [2.75, 3.05) is 5.32 Å². The number of rotatable bonds is 0. The minimum absolute atomic E-state index is 0.0362. The molecule has 0 saturated heterocycles. The van der Waals surface area contributed by atoms with Crippen LogP contribution in [-0.2, 0) is 17.6 Å². The fraction of sp³-hybridized carbons (Fsp3) is 0.462. The highest BCUT2D eigenvalue weighted by Crippen LogP contribution is 2.38. The van der Waals surface area contributed by atoms with Crippen molar-refractivity contribution in [3.05, 3.63) is 23.3 Å². The SMILES string of the molecule is CC1Sc2cc3c(cc2NC1=O)CCCC3. The van der Waals surface area contributed by atoms with Gasteiger partial charge in [-0.05, 0) is 55.9 Å². The van der Waals surface area contributed by atoms with Crippen molar-refractivity contribution in [1.29, 1.82) is 0 Å². The maximum absolute atomic E-state index is 11.6. The Hall–Kier alpha value is -0.960. The molecule has 1 heterocycles. The number of nitrogens with one attached hydrogen (secondary N) is 1. The van der Waals surface area contributed by atoms with E-state index in [4.69, 9.17) is 0 Å². The number of amides is 1. The molecule has 1 N–H and O–H groups in total. The number of thioether (sulfide) groups is 1. The highest BCUT2D eigenvalue weighted by atomic mass is 32.2. The van der Waals surface area contributed by atoms with Gasteiger partial charge in [-0.1, -0.05) is 0 Å². The van der Waals surface area contributed by atoms with E-state index >= 15 is 0 Å². The molecule has 1 atom stereocenters. The summed E-state index contributed by atoms with van der Waals surface area (Å²) < 4.78 is 0. The normalized spacial score (nSPS) is 23.3. The second kappa shape index (κ2) is 3.81. The van der Waals surface area contributed by atoms with Gasteiger partial charge in [0.25, 0.3) is 0 Å². The van der Waals surface area contributed by atoms with Gasteiger partial charge >= 0.3 is 0 Å². The second-order valence-corrected chi connectivity index (χ2v) is 5.96. The average molecular weight is 233 g/mol. The van der Waals surface area contributed by atoms with Crippen LogP contribution in [0.25, 0.3) is 0 Å². The van der Waals surface area contributed by atoms with E-state index in [0.717, 1.165) is 5.69 Å². The number of anilines is 1. The Kier molecular flexibility index (Phi) is 2.43. The van der Waals surface area contributed by atoms with Gasteiger partial charge in [0.1, 0.15) is 0 Å². The van der Waals surface area contributed by atoms with Crippen LogP contribution in [0.5, 0.6) is 0 Å². The van der Waals surface area contributed by atoms with E-state index in [0.29, 0.717) is 0 Å². The summed E-state index contributed by atoms with van der Waals surface area (Å²) in [6.07, 6.45) is 4.95. The molecule has 0 aromatic heterocycles. The average Bonchev–Trinajstić information content (AvgIpc) is 2.28. The van der Waals surface area contributed by atoms with E-state index in [-0.39, 0.29) is 11.2 Å². The summed E-state index contributed by atoms with van der Waals surface area (Å²) in [4.78, 5) is 12.8. The first-order valence-electron chi connectivity index (χ1n) is 5.87. The quantitative estimate of drug-likeness (QED) is 0.746. The van der Waals surface area contributed by atoms with E-state index in [1.165, 1.54) is 41.7 Å². The summed E-state index contributed by atoms with van der Waals surface area (Å²) >= 11 is 1.68. The zero-order valence-corrected chi connectivity index (χ0v) is 10.2. The van der Waals surface area contributed by atoms with Gasteiger partial charge in [0.2, 0.25) is 5.91 Å². The number of hydrogen-bond acceptors (Lipinski definition) is 2. The number of hydrogen-bond donors (Lipinski definition) is 1. The highest BCUT2D eigenvalue weighted by Gasteiger charge is 2.24. The van der Waals surface area contributed by atoms with Gasteiger partial charge in [-0.2, -0.15) is 0 Å². The molecule has 1 unspecified atom stereocenters. The van der Waals surface area contributed by atoms with Gasteiger partial charge in [0, 0.05) is 4.90 Å². The molecule has 1 aliphatic heterocycles. The lowest BCUT2D eigenvalue weighted by Crippen LogP contribution is -2.26. The number of benzene rings is 1. The number of aryl methyl sites for hydroxylation is 2. The van der Waals surface area contributed by atoms with Crippen molar-refractivity contribution in [3.8, 4) is 0 Å². The molecule has 3 heteroatoms. The summed E-state index contributed by atoms with van der Waals surface area (Å²) in [6.45, 7) is 1.96. The molecule has 0 bridgehead atoms. The first-order chi connectivity index (χ1) is 7.74. The van der Waals surface area contributed by atoms with Gasteiger partial charge in [0.05, 0.1) is 10.9 Å². The second-order valence-electron chi connectivity index (χ2n) is 4.57. The van der Waals surface area contributed by atoms with Gasteiger partial charge in [-0.3, -0.25) is 4.79 Å². The van der Waals surface area contributed by atoms with Crippen LogP contribution in [0.2, 0.25) is 0 Å². The molecule has 1 aliphatic carbocycles. The van der Waals surface area contributed by atoms with E-state index in [1.54, 1.807) is 11.8 Å². The fourth-order valence-electron chi connectivity index (χ4n) is 2.44. The van der Waals surface area contributed by atoms with Crippen LogP contribution >= 0.6 is 11.8 Å². The Morgan fingerprint density at radius 1 is 1.25 bits per heavy atom. The Morgan fingerprint density at radius 3 is 2.69 bits per heavy atom. The van der Waals surface area contributed by atoms with Crippen molar-refractivity contribution in [2.24, 2.45) is 0 Å². The molecule has 0 radical (unpaired) electrons. The largest absolute Gasteiger partial charge is 0.324 e. The monoisotopic (exact) mass is 233 g/mol. The van der Waals surface area contributed by atoms with Crippen LogP contribution in [0, 0.1) is 0 Å². The Labute approximate surface area is 99.8 Å². The van der Waals surface area contributed by atoms with Crippen molar-refractivity contribution in [2.45, 2.75) is 42.8 Å². The lowest BCUT2D eigenvalue weighted by molar-refractivity contribution is -0.115. The zero-order chi connectivity index (χ0) is 11.1. The third kappa shape index (κ3) is 1.63. The van der Waals surface area contributed by atoms with Crippen molar-refractivity contribution in [3.63, 3.8) is 0 Å². The topological polar surface area (TPSA) is 29.1 Å². The molecular formula is C13H15NOS. The van der Waals surface area contributed by atoms with E-state index in [2.05, 4.69) is 17.4 Å². The third-order valence-corrected chi connectivity index (χ3v) is 4.53. The lowest BCUT2D eigenvalue weighted by Gasteiger charge is -2.25. The van der Waals surface area contributed by atoms with Crippen LogP contribution in [0.3, 0.4) is 0 Å². The lowest BCUT2D eigenvalue weighted by atomic mass is 9.91. The maximum Gasteiger partial charge on any atom is 0.237 e. The minimum Gasteiger partial charge on any atom is -0.324 e. The summed E-state index contributed by atoms with van der Waals surface area (Å²) in [6, 6.07) is 4.46. The Balaban J connectivity index is 2.04. The molecule has 0 spiro atoms. The third-order valence-electron chi connectivity index (χ3n) is 3.37. The van der Waals surface area contributed by atoms with Crippen LogP contribution in [-0.4, -0.2) is 11.2 Å². The summed E-state index contributed by atoms with van der Waals surface area (Å²) in [7, 11) is 0.